The van der Waals surface area contributed by atoms with Crippen LogP contribution in [-0.2, 0) is 0 Å². The number of hydrogen-bond donors (Lipinski definition) is 0. The third-order valence-corrected chi connectivity index (χ3v) is 4.55. The minimum atomic E-state index is 0.974. The Morgan fingerprint density at radius 3 is 1.83 bits per heavy atom. The van der Waals surface area contributed by atoms with Crippen molar-refractivity contribution in [2.75, 3.05) is 0 Å². The summed E-state index contributed by atoms with van der Waals surface area (Å²) in [7, 11) is 0. The predicted molar refractivity (Wildman–Crippen MR) is 48.6 cm³/mol. The molecular weight excluding hydrogens is 144 g/mol. The van der Waals surface area contributed by atoms with Crippen LogP contribution in [0.5, 0.6) is 0 Å². The molecule has 4 rings (SSSR count). The molecule has 4 aliphatic rings. The normalized spacial score (nSPS) is 52.7. The average molecular weight is 158 g/mol. The van der Waals surface area contributed by atoms with Gasteiger partial charge in [-0.15, -0.1) is 0 Å². The topological polar surface area (TPSA) is 0 Å². The molecule has 0 spiro atoms. The Kier molecular flexibility index (Phi) is 0.856. The summed E-state index contributed by atoms with van der Waals surface area (Å²) in [6.07, 6.45) is 11.0. The summed E-state index contributed by atoms with van der Waals surface area (Å²) in [6, 6.07) is 0. The first-order valence-electron chi connectivity index (χ1n) is 5.34. The van der Waals surface area contributed by atoms with E-state index < -0.39 is 0 Å². The molecule has 0 N–H and O–H groups in total. The lowest BCUT2D eigenvalue weighted by atomic mass is 9.88. The fraction of sp³-hybridized carbons (Fsp3) is 0.667. The van der Waals surface area contributed by atoms with Crippen molar-refractivity contribution in [1.82, 2.24) is 0 Å². The van der Waals surface area contributed by atoms with Crippen LogP contribution in [-0.4, -0.2) is 0 Å². The van der Waals surface area contributed by atoms with E-state index in [0.717, 1.165) is 23.7 Å². The third kappa shape index (κ3) is 0.485. The minimum absolute atomic E-state index is 0.974. The molecule has 0 amide bonds. The van der Waals surface area contributed by atoms with Gasteiger partial charge in [0.1, 0.15) is 0 Å². The lowest BCUT2D eigenvalue weighted by Gasteiger charge is -2.15. The molecule has 0 aromatic rings. The highest BCUT2D eigenvalue weighted by Crippen LogP contribution is 2.61. The summed E-state index contributed by atoms with van der Waals surface area (Å²) in [5.74, 6) is 3.96. The molecule has 2 saturated carbocycles. The summed E-state index contributed by atoms with van der Waals surface area (Å²) in [4.78, 5) is 0. The zero-order valence-corrected chi connectivity index (χ0v) is 7.29. The van der Waals surface area contributed by atoms with Crippen molar-refractivity contribution in [2.24, 2.45) is 23.7 Å². The molecule has 0 aliphatic heterocycles. The molecule has 0 aromatic heterocycles. The summed E-state index contributed by atoms with van der Waals surface area (Å²) >= 11 is 0. The van der Waals surface area contributed by atoms with Gasteiger partial charge in [0.05, 0.1) is 0 Å². The van der Waals surface area contributed by atoms with Gasteiger partial charge in [-0.1, -0.05) is 23.3 Å². The summed E-state index contributed by atoms with van der Waals surface area (Å²) in [5, 5.41) is 0. The third-order valence-electron chi connectivity index (χ3n) is 4.55. The van der Waals surface area contributed by atoms with E-state index in [2.05, 4.69) is 12.2 Å². The molecular formula is C12H14. The first-order valence-corrected chi connectivity index (χ1v) is 5.34. The SMILES string of the molecule is C1=C2CC[C@@H]3C=C4CC[C@@H]1[C@@H]4[C@@H]23. The van der Waals surface area contributed by atoms with E-state index in [1.807, 2.05) is 11.1 Å². The summed E-state index contributed by atoms with van der Waals surface area (Å²) in [6.45, 7) is 0. The van der Waals surface area contributed by atoms with Crippen LogP contribution in [0.3, 0.4) is 0 Å². The lowest BCUT2D eigenvalue weighted by molar-refractivity contribution is 0.395. The van der Waals surface area contributed by atoms with Gasteiger partial charge < -0.3 is 0 Å². The number of allylic oxidation sites excluding steroid dienone is 4. The van der Waals surface area contributed by atoms with Crippen molar-refractivity contribution < 1.29 is 0 Å². The highest BCUT2D eigenvalue weighted by atomic mass is 14.6. The van der Waals surface area contributed by atoms with E-state index in [1.165, 1.54) is 25.7 Å². The highest BCUT2D eigenvalue weighted by molar-refractivity contribution is 5.39. The molecule has 0 nitrogen and oxygen atoms in total. The molecule has 0 unspecified atom stereocenters. The van der Waals surface area contributed by atoms with E-state index >= 15 is 0 Å². The average Bonchev–Trinajstić information content (AvgIpc) is 2.71. The van der Waals surface area contributed by atoms with Gasteiger partial charge in [-0.3, -0.25) is 0 Å². The van der Waals surface area contributed by atoms with Gasteiger partial charge in [0, 0.05) is 0 Å². The summed E-state index contributed by atoms with van der Waals surface area (Å²) in [5.41, 5.74) is 3.67. The number of rotatable bonds is 0. The van der Waals surface area contributed by atoms with Crippen molar-refractivity contribution in [3.05, 3.63) is 23.3 Å². The molecule has 4 atom stereocenters. The second kappa shape index (κ2) is 1.71. The van der Waals surface area contributed by atoms with Gasteiger partial charge in [0.2, 0.25) is 0 Å². The quantitative estimate of drug-likeness (QED) is 0.475. The monoisotopic (exact) mass is 158 g/mol. The molecule has 12 heavy (non-hydrogen) atoms. The van der Waals surface area contributed by atoms with E-state index in [9.17, 15) is 0 Å². The molecule has 0 bridgehead atoms. The van der Waals surface area contributed by atoms with Crippen molar-refractivity contribution in [3.63, 3.8) is 0 Å². The largest absolute Gasteiger partial charge is 0.0813 e. The summed E-state index contributed by atoms with van der Waals surface area (Å²) < 4.78 is 0. The molecule has 0 radical (unpaired) electrons. The maximum atomic E-state index is 2.63. The van der Waals surface area contributed by atoms with Crippen molar-refractivity contribution in [2.45, 2.75) is 25.7 Å². The van der Waals surface area contributed by atoms with Gasteiger partial charge in [-0.05, 0) is 49.4 Å². The van der Waals surface area contributed by atoms with Crippen LogP contribution >= 0.6 is 0 Å². The van der Waals surface area contributed by atoms with E-state index in [0.29, 0.717) is 0 Å². The van der Waals surface area contributed by atoms with Crippen LogP contribution in [0.1, 0.15) is 25.7 Å². The molecule has 2 fully saturated rings. The molecule has 0 heteroatoms. The minimum Gasteiger partial charge on any atom is -0.0813 e. The molecule has 0 saturated heterocycles. The number of hydrogen-bond acceptors (Lipinski definition) is 0. The Morgan fingerprint density at radius 2 is 1.33 bits per heavy atom. The zero-order valence-electron chi connectivity index (χ0n) is 7.29. The van der Waals surface area contributed by atoms with Crippen LogP contribution in [0.25, 0.3) is 0 Å². The van der Waals surface area contributed by atoms with Crippen molar-refractivity contribution in [1.29, 1.82) is 0 Å². The van der Waals surface area contributed by atoms with E-state index in [4.69, 9.17) is 0 Å². The van der Waals surface area contributed by atoms with Gasteiger partial charge in [0.25, 0.3) is 0 Å². The van der Waals surface area contributed by atoms with Gasteiger partial charge >= 0.3 is 0 Å². The van der Waals surface area contributed by atoms with Crippen LogP contribution in [0.4, 0.5) is 0 Å². The smallest absolute Gasteiger partial charge is 0.00687 e. The van der Waals surface area contributed by atoms with E-state index in [1.54, 1.807) is 0 Å². The first kappa shape index (κ1) is 6.01. The van der Waals surface area contributed by atoms with Crippen LogP contribution in [0.15, 0.2) is 23.3 Å². The second-order valence-electron chi connectivity index (χ2n) is 4.94. The Morgan fingerprint density at radius 1 is 0.833 bits per heavy atom. The van der Waals surface area contributed by atoms with Crippen molar-refractivity contribution in [3.8, 4) is 0 Å². The standard InChI is InChI=1S/C12H14/c1-2-8-6-10-4-3-9-5-7(1)11(8)12(9)10/h5-7,10-12H,1-4H2/t7-,10+,11-,12-. The Labute approximate surface area is 73.4 Å². The van der Waals surface area contributed by atoms with Gasteiger partial charge in [-0.2, -0.15) is 0 Å². The fourth-order valence-corrected chi connectivity index (χ4v) is 4.22. The van der Waals surface area contributed by atoms with Crippen LogP contribution in [0.2, 0.25) is 0 Å². The van der Waals surface area contributed by atoms with Gasteiger partial charge in [-0.25, -0.2) is 0 Å². The zero-order chi connectivity index (χ0) is 7.71. The van der Waals surface area contributed by atoms with E-state index in [-0.39, 0.29) is 0 Å². The first-order chi connectivity index (χ1) is 5.93. The molecule has 4 aliphatic carbocycles. The van der Waals surface area contributed by atoms with Crippen LogP contribution < -0.4 is 0 Å². The van der Waals surface area contributed by atoms with Crippen LogP contribution in [0, 0.1) is 23.7 Å². The Hall–Kier alpha value is -0.520. The van der Waals surface area contributed by atoms with Crippen molar-refractivity contribution >= 4 is 0 Å². The second-order valence-corrected chi connectivity index (χ2v) is 4.94. The predicted octanol–water partition coefficient (Wildman–Crippen LogP) is 2.92. The maximum absolute atomic E-state index is 2.63. The van der Waals surface area contributed by atoms with Gasteiger partial charge in [0.15, 0.2) is 0 Å². The molecule has 62 valence electrons. The fourth-order valence-electron chi connectivity index (χ4n) is 4.22. The maximum Gasteiger partial charge on any atom is -0.00687 e. The Balaban J connectivity index is 1.95. The Bertz CT molecular complexity index is 276. The molecule has 0 heterocycles. The molecule has 0 aromatic carbocycles. The highest BCUT2D eigenvalue weighted by Gasteiger charge is 2.51. The lowest BCUT2D eigenvalue weighted by Crippen LogP contribution is -2.10.